The SMILES string of the molecule is CCCCCCOOC=C(C)C(=O)OC(C)(C)OC(=O)O. The van der Waals surface area contributed by atoms with E-state index < -0.39 is 17.9 Å². The Morgan fingerprint density at radius 1 is 1.14 bits per heavy atom. The van der Waals surface area contributed by atoms with Gasteiger partial charge in [-0.15, -0.1) is 0 Å². The summed E-state index contributed by atoms with van der Waals surface area (Å²) < 4.78 is 9.29. The van der Waals surface area contributed by atoms with E-state index in [0.717, 1.165) is 31.9 Å². The van der Waals surface area contributed by atoms with Gasteiger partial charge in [-0.2, -0.15) is 4.89 Å². The number of esters is 1. The number of carbonyl (C=O) groups excluding carboxylic acids is 1. The lowest BCUT2D eigenvalue weighted by Gasteiger charge is -2.23. The summed E-state index contributed by atoms with van der Waals surface area (Å²) in [5.41, 5.74) is 0.130. The van der Waals surface area contributed by atoms with Gasteiger partial charge in [-0.1, -0.05) is 26.2 Å². The molecule has 0 radical (unpaired) electrons. The van der Waals surface area contributed by atoms with Gasteiger partial charge in [0.25, 0.3) is 5.79 Å². The molecule has 0 aliphatic rings. The minimum absolute atomic E-state index is 0.130. The van der Waals surface area contributed by atoms with Gasteiger partial charge in [0.1, 0.15) is 6.26 Å². The molecular weight excluding hydrogens is 280 g/mol. The normalized spacial score (nSPS) is 11.9. The lowest BCUT2D eigenvalue weighted by atomic mass is 10.2. The zero-order chi connectivity index (χ0) is 16.3. The number of rotatable bonds is 10. The average Bonchev–Trinajstić information content (AvgIpc) is 2.35. The number of ether oxygens (including phenoxy) is 2. The number of hydrogen-bond acceptors (Lipinski definition) is 6. The van der Waals surface area contributed by atoms with Crippen molar-refractivity contribution in [3.63, 3.8) is 0 Å². The molecule has 1 N–H and O–H groups in total. The Balaban J connectivity index is 4.02. The van der Waals surface area contributed by atoms with Gasteiger partial charge >= 0.3 is 12.1 Å². The van der Waals surface area contributed by atoms with Crippen LogP contribution in [0.25, 0.3) is 0 Å². The second-order valence-corrected chi connectivity index (χ2v) is 4.94. The van der Waals surface area contributed by atoms with E-state index in [1.807, 2.05) is 0 Å². The Bertz CT molecular complexity index is 360. The summed E-state index contributed by atoms with van der Waals surface area (Å²) >= 11 is 0. The van der Waals surface area contributed by atoms with Crippen molar-refractivity contribution in [1.29, 1.82) is 0 Å². The predicted octanol–water partition coefficient (Wildman–Crippen LogP) is 3.39. The largest absolute Gasteiger partial charge is 0.509 e. The fourth-order valence-electron chi connectivity index (χ4n) is 1.33. The van der Waals surface area contributed by atoms with Gasteiger partial charge in [0.05, 0.1) is 12.2 Å². The molecule has 0 aliphatic heterocycles. The van der Waals surface area contributed by atoms with Crippen molar-refractivity contribution in [3.05, 3.63) is 11.8 Å². The van der Waals surface area contributed by atoms with Crippen LogP contribution in [0.4, 0.5) is 4.79 Å². The maximum absolute atomic E-state index is 11.6. The number of unbranched alkanes of at least 4 members (excludes halogenated alkanes) is 3. The number of hydrogen-bond donors (Lipinski definition) is 1. The molecule has 0 bridgehead atoms. The molecule has 7 heteroatoms. The van der Waals surface area contributed by atoms with Crippen molar-refractivity contribution in [2.45, 2.75) is 59.2 Å². The molecule has 7 nitrogen and oxygen atoms in total. The summed E-state index contributed by atoms with van der Waals surface area (Å²) in [6.07, 6.45) is 3.80. The maximum atomic E-state index is 11.6. The standard InChI is InChI=1S/C14H24O7/c1-5-6-7-8-9-18-19-10-11(2)12(15)20-14(3,4)21-13(16)17/h10H,5-9H2,1-4H3,(H,16,17). The van der Waals surface area contributed by atoms with Crippen LogP contribution < -0.4 is 0 Å². The summed E-state index contributed by atoms with van der Waals surface area (Å²) in [5, 5.41) is 8.49. The molecule has 0 unspecified atom stereocenters. The average molecular weight is 304 g/mol. The molecule has 0 spiro atoms. The highest BCUT2D eigenvalue weighted by Crippen LogP contribution is 2.14. The lowest BCUT2D eigenvalue weighted by Crippen LogP contribution is -2.33. The molecule has 122 valence electrons. The molecule has 0 saturated carbocycles. The van der Waals surface area contributed by atoms with E-state index in [1.165, 1.54) is 20.8 Å². The number of carbonyl (C=O) groups is 2. The number of carboxylic acid groups (broad SMARTS) is 1. The summed E-state index contributed by atoms with van der Waals surface area (Å²) in [7, 11) is 0. The minimum Gasteiger partial charge on any atom is -0.450 e. The maximum Gasteiger partial charge on any atom is 0.509 e. The van der Waals surface area contributed by atoms with E-state index in [-0.39, 0.29) is 5.57 Å². The molecule has 21 heavy (non-hydrogen) atoms. The van der Waals surface area contributed by atoms with Crippen LogP contribution in [0.5, 0.6) is 0 Å². The third-order valence-corrected chi connectivity index (χ3v) is 2.37. The zero-order valence-corrected chi connectivity index (χ0v) is 13.0. The van der Waals surface area contributed by atoms with Crippen molar-refractivity contribution in [3.8, 4) is 0 Å². The topological polar surface area (TPSA) is 91.3 Å². The van der Waals surface area contributed by atoms with Crippen LogP contribution in [0.3, 0.4) is 0 Å². The lowest BCUT2D eigenvalue weighted by molar-refractivity contribution is -0.250. The van der Waals surface area contributed by atoms with E-state index in [2.05, 4.69) is 11.7 Å². The Kier molecular flexibility index (Phi) is 9.20. The van der Waals surface area contributed by atoms with Crippen LogP contribution in [-0.2, 0) is 24.0 Å². The van der Waals surface area contributed by atoms with Crippen LogP contribution in [0.15, 0.2) is 11.8 Å². The Hall–Kier alpha value is -1.76. The van der Waals surface area contributed by atoms with E-state index in [1.54, 1.807) is 0 Å². The summed E-state index contributed by atoms with van der Waals surface area (Å²) in [6.45, 7) is 6.64. The third-order valence-electron chi connectivity index (χ3n) is 2.37. The molecule has 0 fully saturated rings. The van der Waals surface area contributed by atoms with Gasteiger partial charge in [-0.25, -0.2) is 9.59 Å². The molecule has 0 aromatic heterocycles. The molecular formula is C14H24O7. The first-order valence-corrected chi connectivity index (χ1v) is 6.89. The monoisotopic (exact) mass is 304 g/mol. The van der Waals surface area contributed by atoms with Gasteiger partial charge in [0, 0.05) is 13.8 Å². The molecule has 0 rings (SSSR count). The van der Waals surface area contributed by atoms with Crippen molar-refractivity contribution in [1.82, 2.24) is 0 Å². The van der Waals surface area contributed by atoms with Crippen molar-refractivity contribution >= 4 is 12.1 Å². The zero-order valence-electron chi connectivity index (χ0n) is 13.0. The predicted molar refractivity (Wildman–Crippen MR) is 74.2 cm³/mol. The first kappa shape index (κ1) is 19.2. The van der Waals surface area contributed by atoms with Crippen LogP contribution >= 0.6 is 0 Å². The Morgan fingerprint density at radius 3 is 2.38 bits per heavy atom. The van der Waals surface area contributed by atoms with E-state index >= 15 is 0 Å². The van der Waals surface area contributed by atoms with Gasteiger partial charge in [0.2, 0.25) is 0 Å². The quantitative estimate of drug-likeness (QED) is 0.126. The van der Waals surface area contributed by atoms with E-state index in [0.29, 0.717) is 6.61 Å². The van der Waals surface area contributed by atoms with Gasteiger partial charge in [-0.05, 0) is 13.3 Å². The first-order valence-electron chi connectivity index (χ1n) is 6.89. The van der Waals surface area contributed by atoms with E-state index in [9.17, 15) is 9.59 Å². The highest BCUT2D eigenvalue weighted by molar-refractivity contribution is 5.87. The summed E-state index contributed by atoms with van der Waals surface area (Å²) in [6, 6.07) is 0. The fourth-order valence-corrected chi connectivity index (χ4v) is 1.33. The van der Waals surface area contributed by atoms with Gasteiger partial charge in [-0.3, -0.25) is 0 Å². The molecule has 0 saturated heterocycles. The van der Waals surface area contributed by atoms with Gasteiger partial charge in [0.15, 0.2) is 0 Å². The molecule has 0 amide bonds. The summed E-state index contributed by atoms with van der Waals surface area (Å²) in [4.78, 5) is 31.7. The second kappa shape index (κ2) is 10.0. The van der Waals surface area contributed by atoms with Crippen LogP contribution in [0, 0.1) is 0 Å². The first-order chi connectivity index (χ1) is 9.78. The molecule has 0 aliphatic carbocycles. The summed E-state index contributed by atoms with van der Waals surface area (Å²) in [5.74, 6) is -2.32. The van der Waals surface area contributed by atoms with Crippen molar-refractivity contribution in [2.24, 2.45) is 0 Å². The molecule has 0 aromatic carbocycles. The van der Waals surface area contributed by atoms with Gasteiger partial charge < -0.3 is 19.5 Å². The highest BCUT2D eigenvalue weighted by Gasteiger charge is 2.28. The second-order valence-electron chi connectivity index (χ2n) is 4.94. The van der Waals surface area contributed by atoms with Crippen molar-refractivity contribution in [2.75, 3.05) is 6.61 Å². The van der Waals surface area contributed by atoms with Crippen LogP contribution in [0.2, 0.25) is 0 Å². The minimum atomic E-state index is -1.57. The Labute approximate surface area is 124 Å². The third kappa shape index (κ3) is 10.7. The highest BCUT2D eigenvalue weighted by atomic mass is 17.2. The molecule has 0 atom stereocenters. The molecule has 0 aromatic rings. The fraction of sp³-hybridized carbons (Fsp3) is 0.714. The smallest absolute Gasteiger partial charge is 0.450 e. The molecule has 0 heterocycles. The van der Waals surface area contributed by atoms with Crippen LogP contribution in [0.1, 0.15) is 53.4 Å². The Morgan fingerprint density at radius 2 is 1.81 bits per heavy atom. The van der Waals surface area contributed by atoms with Crippen LogP contribution in [-0.4, -0.2) is 29.6 Å². The van der Waals surface area contributed by atoms with Crippen molar-refractivity contribution < 1.29 is 33.9 Å². The van der Waals surface area contributed by atoms with E-state index in [4.69, 9.17) is 19.6 Å².